The van der Waals surface area contributed by atoms with Crippen LogP contribution >= 0.6 is 11.8 Å². The molecule has 7 nitrogen and oxygen atoms in total. The Kier molecular flexibility index (Phi) is 6.79. The van der Waals surface area contributed by atoms with Gasteiger partial charge in [0.2, 0.25) is 10.0 Å². The molecular weight excluding hydrogens is 470 g/mol. The smallest absolute Gasteiger partial charge is 0.243 e. The highest BCUT2D eigenvalue weighted by atomic mass is 32.2. The molecule has 1 saturated heterocycles. The lowest BCUT2D eigenvalue weighted by Crippen LogP contribution is -2.40. The molecule has 0 atom stereocenters. The number of morpholine rings is 1. The lowest BCUT2D eigenvalue weighted by molar-refractivity contribution is 0.0730. The van der Waals surface area contributed by atoms with Crippen molar-refractivity contribution in [2.75, 3.05) is 32.1 Å². The Bertz CT molecular complexity index is 1330. The predicted octanol–water partition coefficient (Wildman–Crippen LogP) is 3.93. The summed E-state index contributed by atoms with van der Waals surface area (Å²) in [5.74, 6) is 0.379. The van der Waals surface area contributed by atoms with Gasteiger partial charge in [-0.1, -0.05) is 23.9 Å². The highest BCUT2D eigenvalue weighted by molar-refractivity contribution is 7.99. The van der Waals surface area contributed by atoms with Crippen LogP contribution in [-0.2, 0) is 34.1 Å². The molecule has 9 heteroatoms. The minimum Gasteiger partial charge on any atom is -0.379 e. The van der Waals surface area contributed by atoms with E-state index in [1.165, 1.54) is 40.0 Å². The average molecular weight is 500 g/mol. The number of imidazole rings is 1. The molecule has 0 bridgehead atoms. The van der Waals surface area contributed by atoms with E-state index in [1.54, 1.807) is 12.1 Å². The number of aryl methyl sites for hydroxylation is 3. The van der Waals surface area contributed by atoms with Gasteiger partial charge in [0.25, 0.3) is 0 Å². The Morgan fingerprint density at radius 3 is 2.59 bits per heavy atom. The summed E-state index contributed by atoms with van der Waals surface area (Å²) in [6, 6.07) is 11.2. The summed E-state index contributed by atoms with van der Waals surface area (Å²) in [6.45, 7) is 4.23. The monoisotopic (exact) mass is 499 g/mol. The van der Waals surface area contributed by atoms with Crippen molar-refractivity contribution in [2.24, 2.45) is 0 Å². The Labute approximate surface area is 204 Å². The number of aromatic nitrogens is 2. The molecule has 1 aromatic heterocycles. The maximum Gasteiger partial charge on any atom is 0.243 e. The van der Waals surface area contributed by atoms with E-state index in [1.807, 2.05) is 23.6 Å². The first-order chi connectivity index (χ1) is 16.5. The van der Waals surface area contributed by atoms with Crippen molar-refractivity contribution < 1.29 is 17.9 Å². The number of thioether (sulfide) groups is 1. The molecular formula is C25H29N3O4S2. The van der Waals surface area contributed by atoms with Gasteiger partial charge in [0.15, 0.2) is 10.9 Å². The number of carbonyl (C=O) groups excluding carboxylic acids is 1. The molecule has 1 aliphatic carbocycles. The molecule has 0 unspecified atom stereocenters. The molecule has 0 radical (unpaired) electrons. The highest BCUT2D eigenvalue weighted by Crippen LogP contribution is 2.29. The second kappa shape index (κ2) is 9.81. The van der Waals surface area contributed by atoms with Crippen molar-refractivity contribution in [3.63, 3.8) is 0 Å². The first-order valence-corrected chi connectivity index (χ1v) is 14.3. The van der Waals surface area contributed by atoms with Crippen molar-refractivity contribution in [2.45, 2.75) is 49.2 Å². The van der Waals surface area contributed by atoms with Crippen molar-refractivity contribution in [1.82, 2.24) is 13.9 Å². The van der Waals surface area contributed by atoms with Crippen LogP contribution in [-0.4, -0.2) is 60.1 Å². The van der Waals surface area contributed by atoms with Crippen LogP contribution in [0.1, 0.15) is 41.3 Å². The average Bonchev–Trinajstić information content (AvgIpc) is 3.24. The third-order valence-corrected chi connectivity index (χ3v) is 9.48. The van der Waals surface area contributed by atoms with Crippen molar-refractivity contribution in [3.8, 4) is 0 Å². The number of sulfonamides is 1. The van der Waals surface area contributed by atoms with Gasteiger partial charge >= 0.3 is 0 Å². The Morgan fingerprint density at radius 1 is 1.06 bits per heavy atom. The molecule has 1 fully saturated rings. The Balaban J connectivity index is 1.36. The van der Waals surface area contributed by atoms with Crippen molar-refractivity contribution >= 4 is 38.6 Å². The minimum atomic E-state index is -3.59. The maximum atomic E-state index is 13.1. The molecule has 0 amide bonds. The summed E-state index contributed by atoms with van der Waals surface area (Å²) in [4.78, 5) is 17.9. The number of rotatable bonds is 7. The maximum absolute atomic E-state index is 13.1. The van der Waals surface area contributed by atoms with Gasteiger partial charge in [-0.15, -0.1) is 0 Å². The Morgan fingerprint density at radius 2 is 1.82 bits per heavy atom. The summed E-state index contributed by atoms with van der Waals surface area (Å²) in [5, 5.41) is 0.727. The summed E-state index contributed by atoms with van der Waals surface area (Å²) in [6.07, 6.45) is 4.55. The number of hydrogen-bond acceptors (Lipinski definition) is 6. The third kappa shape index (κ3) is 4.54. The van der Waals surface area contributed by atoms with Crippen LogP contribution in [0.4, 0.5) is 0 Å². The first kappa shape index (κ1) is 23.5. The van der Waals surface area contributed by atoms with Gasteiger partial charge in [-0.2, -0.15) is 4.31 Å². The van der Waals surface area contributed by atoms with E-state index >= 15 is 0 Å². The van der Waals surface area contributed by atoms with Crippen LogP contribution in [0.3, 0.4) is 0 Å². The predicted molar refractivity (Wildman–Crippen MR) is 133 cm³/mol. The molecule has 2 aromatic carbocycles. The van der Waals surface area contributed by atoms with Crippen molar-refractivity contribution in [3.05, 3.63) is 53.1 Å². The molecule has 0 saturated carbocycles. The third-order valence-electron chi connectivity index (χ3n) is 6.61. The molecule has 3 aromatic rings. The van der Waals surface area contributed by atoms with Crippen LogP contribution in [0.2, 0.25) is 0 Å². The lowest BCUT2D eigenvalue weighted by atomic mass is 9.90. The molecule has 0 N–H and O–H groups in total. The largest absolute Gasteiger partial charge is 0.379 e. The van der Waals surface area contributed by atoms with Gasteiger partial charge in [0, 0.05) is 25.2 Å². The van der Waals surface area contributed by atoms with Crippen LogP contribution < -0.4 is 0 Å². The highest BCUT2D eigenvalue weighted by Gasteiger charge is 2.27. The van der Waals surface area contributed by atoms with Crippen LogP contribution in [0.25, 0.3) is 11.0 Å². The number of fused-ring (bicyclic) bond motifs is 2. The number of carbonyl (C=O) groups is 1. The van der Waals surface area contributed by atoms with Gasteiger partial charge in [-0.25, -0.2) is 13.4 Å². The van der Waals surface area contributed by atoms with Crippen LogP contribution in [0, 0.1) is 0 Å². The van der Waals surface area contributed by atoms with E-state index < -0.39 is 10.0 Å². The number of ketones is 1. The molecule has 1 aliphatic heterocycles. The minimum absolute atomic E-state index is 0.0867. The van der Waals surface area contributed by atoms with Crippen LogP contribution in [0.5, 0.6) is 0 Å². The van der Waals surface area contributed by atoms with E-state index in [2.05, 4.69) is 12.1 Å². The van der Waals surface area contributed by atoms with Gasteiger partial charge in [-0.05, 0) is 68.0 Å². The standard InChI is InChI=1S/C25H29N3O4S2/c1-2-28-23-10-9-21(34(30,31)27-11-13-32-14-12-27)16-22(23)26-25(28)33-17-24(29)20-8-7-18-5-3-4-6-19(18)15-20/h7-10,15-16H,2-6,11-14,17H2,1H3. The Hall–Kier alpha value is -2.20. The zero-order chi connectivity index (χ0) is 23.7. The fraction of sp³-hybridized carbons (Fsp3) is 0.440. The number of nitrogens with zero attached hydrogens (tertiary/aromatic N) is 3. The number of hydrogen-bond donors (Lipinski definition) is 0. The first-order valence-electron chi connectivity index (χ1n) is 11.8. The van der Waals surface area contributed by atoms with Gasteiger partial charge in [-0.3, -0.25) is 4.79 Å². The molecule has 180 valence electrons. The SMILES string of the molecule is CCn1c(SCC(=O)c2ccc3c(c2)CCCC3)nc2cc(S(=O)(=O)N3CCOCC3)ccc21. The lowest BCUT2D eigenvalue weighted by Gasteiger charge is -2.26. The van der Waals surface area contributed by atoms with Crippen molar-refractivity contribution in [1.29, 1.82) is 0 Å². The van der Waals surface area contributed by atoms with E-state index in [-0.39, 0.29) is 10.7 Å². The normalized spacial score (nSPS) is 17.1. The zero-order valence-corrected chi connectivity index (χ0v) is 21.0. The second-order valence-corrected chi connectivity index (χ2v) is 11.6. The van der Waals surface area contributed by atoms with E-state index in [0.717, 1.165) is 29.1 Å². The van der Waals surface area contributed by atoms with Gasteiger partial charge in [0.05, 0.1) is 34.9 Å². The van der Waals surface area contributed by atoms with Crippen LogP contribution in [0.15, 0.2) is 46.5 Å². The number of ether oxygens (including phenoxy) is 1. The fourth-order valence-electron chi connectivity index (χ4n) is 4.72. The quantitative estimate of drug-likeness (QED) is 0.362. The number of benzene rings is 2. The summed E-state index contributed by atoms with van der Waals surface area (Å²) >= 11 is 1.41. The van der Waals surface area contributed by atoms with E-state index in [9.17, 15) is 13.2 Å². The van der Waals surface area contributed by atoms with E-state index in [0.29, 0.717) is 44.1 Å². The molecule has 2 aliphatic rings. The molecule has 2 heterocycles. The van der Waals surface area contributed by atoms with Gasteiger partial charge in [0.1, 0.15) is 0 Å². The molecule has 5 rings (SSSR count). The fourth-order valence-corrected chi connectivity index (χ4v) is 7.12. The molecule has 0 spiro atoms. The topological polar surface area (TPSA) is 81.5 Å². The summed E-state index contributed by atoms with van der Waals surface area (Å²) < 4.78 is 34.9. The second-order valence-electron chi connectivity index (χ2n) is 8.71. The van der Waals surface area contributed by atoms with Gasteiger partial charge < -0.3 is 9.30 Å². The molecule has 34 heavy (non-hydrogen) atoms. The summed E-state index contributed by atoms with van der Waals surface area (Å²) in [7, 11) is -3.59. The number of Topliss-reactive ketones (excluding diaryl/α,β-unsaturated/α-hetero) is 1. The van der Waals surface area contributed by atoms with E-state index in [4.69, 9.17) is 9.72 Å². The summed E-state index contributed by atoms with van der Waals surface area (Å²) in [5.41, 5.74) is 4.92. The zero-order valence-electron chi connectivity index (χ0n) is 19.3.